The van der Waals surface area contributed by atoms with E-state index in [2.05, 4.69) is 0 Å². The summed E-state index contributed by atoms with van der Waals surface area (Å²) in [4.78, 5) is 0.0208. The molecule has 4 nitrogen and oxygen atoms in total. The molecule has 1 aromatic rings. The van der Waals surface area contributed by atoms with E-state index in [1.54, 1.807) is 0 Å². The standard InChI is InChI=1S/C8H8BClO4S/c1-15(12,13)8-3-6-5(2-7(8)10)4-14-9(6)11/h2-3,11H,4H2,1H3. The fraction of sp³-hybridized carbons (Fsp3) is 0.250. The molecule has 0 saturated heterocycles. The Morgan fingerprint density at radius 2 is 2.20 bits per heavy atom. The first-order valence-corrected chi connectivity index (χ1v) is 6.48. The van der Waals surface area contributed by atoms with Crippen molar-refractivity contribution in [2.24, 2.45) is 0 Å². The van der Waals surface area contributed by atoms with Crippen LogP contribution in [-0.4, -0.2) is 26.8 Å². The van der Waals surface area contributed by atoms with E-state index in [1.807, 2.05) is 0 Å². The highest BCUT2D eigenvalue weighted by Gasteiger charge is 2.29. The summed E-state index contributed by atoms with van der Waals surface area (Å²) in [5, 5.41) is 9.56. The SMILES string of the molecule is CS(=O)(=O)c1cc2c(cc1Cl)COB2O. The molecule has 0 bridgehead atoms. The van der Waals surface area contributed by atoms with Crippen LogP contribution < -0.4 is 5.46 Å². The van der Waals surface area contributed by atoms with Crippen LogP contribution in [0.5, 0.6) is 0 Å². The zero-order valence-electron chi connectivity index (χ0n) is 7.90. The number of sulfone groups is 1. The van der Waals surface area contributed by atoms with Crippen LogP contribution in [0.2, 0.25) is 5.02 Å². The molecular formula is C8H8BClO4S. The van der Waals surface area contributed by atoms with E-state index in [4.69, 9.17) is 16.3 Å². The molecule has 1 N–H and O–H groups in total. The van der Waals surface area contributed by atoms with E-state index in [-0.39, 0.29) is 16.5 Å². The molecule has 0 fully saturated rings. The second-order valence-corrected chi connectivity index (χ2v) is 5.81. The van der Waals surface area contributed by atoms with Crippen molar-refractivity contribution in [3.63, 3.8) is 0 Å². The molecule has 1 aliphatic rings. The minimum absolute atomic E-state index is 0.0208. The van der Waals surface area contributed by atoms with Crippen molar-refractivity contribution < 1.29 is 18.1 Å². The Hall–Kier alpha value is -0.555. The van der Waals surface area contributed by atoms with Crippen LogP contribution in [0.3, 0.4) is 0 Å². The lowest BCUT2D eigenvalue weighted by atomic mass is 9.80. The molecule has 1 aliphatic heterocycles. The normalized spacial score (nSPS) is 15.5. The molecule has 80 valence electrons. The van der Waals surface area contributed by atoms with Crippen LogP contribution in [0, 0.1) is 0 Å². The van der Waals surface area contributed by atoms with Crippen molar-refractivity contribution in [3.8, 4) is 0 Å². The van der Waals surface area contributed by atoms with E-state index in [9.17, 15) is 13.4 Å². The van der Waals surface area contributed by atoms with Crippen LogP contribution >= 0.6 is 11.6 Å². The quantitative estimate of drug-likeness (QED) is 0.707. The van der Waals surface area contributed by atoms with Gasteiger partial charge < -0.3 is 9.68 Å². The monoisotopic (exact) mass is 246 g/mol. The molecule has 2 rings (SSSR count). The Morgan fingerprint density at radius 3 is 2.80 bits per heavy atom. The van der Waals surface area contributed by atoms with Gasteiger partial charge in [0.05, 0.1) is 16.5 Å². The third kappa shape index (κ3) is 1.90. The first kappa shape index (κ1) is 10.9. The summed E-state index contributed by atoms with van der Waals surface area (Å²) in [5.74, 6) is 0. The zero-order chi connectivity index (χ0) is 11.2. The molecule has 15 heavy (non-hydrogen) atoms. The number of halogens is 1. The Labute approximate surface area is 92.9 Å². The maximum Gasteiger partial charge on any atom is 0.491 e. The molecule has 0 amide bonds. The molecule has 0 aliphatic carbocycles. The maximum absolute atomic E-state index is 11.4. The molecule has 0 radical (unpaired) electrons. The van der Waals surface area contributed by atoms with E-state index in [0.29, 0.717) is 5.46 Å². The number of rotatable bonds is 1. The van der Waals surface area contributed by atoms with E-state index >= 15 is 0 Å². The van der Waals surface area contributed by atoms with Gasteiger partial charge in [0, 0.05) is 6.26 Å². The molecule has 0 spiro atoms. The third-order valence-electron chi connectivity index (χ3n) is 2.26. The average molecular weight is 246 g/mol. The molecule has 0 saturated carbocycles. The van der Waals surface area contributed by atoms with Gasteiger partial charge in [-0.15, -0.1) is 0 Å². The summed E-state index contributed by atoms with van der Waals surface area (Å²) in [7, 11) is -4.43. The van der Waals surface area contributed by atoms with E-state index < -0.39 is 17.0 Å². The van der Waals surface area contributed by atoms with Crippen molar-refractivity contribution in [1.29, 1.82) is 0 Å². The second kappa shape index (κ2) is 3.48. The molecule has 0 atom stereocenters. The van der Waals surface area contributed by atoms with Crippen LogP contribution in [0.15, 0.2) is 17.0 Å². The van der Waals surface area contributed by atoms with Crippen molar-refractivity contribution in [1.82, 2.24) is 0 Å². The molecule has 1 heterocycles. The predicted octanol–water partition coefficient (Wildman–Crippen LogP) is -0.0388. The van der Waals surface area contributed by atoms with Crippen LogP contribution in [0.25, 0.3) is 0 Å². The van der Waals surface area contributed by atoms with Gasteiger partial charge >= 0.3 is 7.12 Å². The lowest BCUT2D eigenvalue weighted by molar-refractivity contribution is 0.275. The fourth-order valence-electron chi connectivity index (χ4n) is 1.51. The van der Waals surface area contributed by atoms with Gasteiger partial charge in [-0.25, -0.2) is 8.42 Å². The van der Waals surface area contributed by atoms with Crippen LogP contribution in [-0.2, 0) is 21.1 Å². The second-order valence-electron chi connectivity index (χ2n) is 3.42. The highest BCUT2D eigenvalue weighted by Crippen LogP contribution is 2.24. The van der Waals surface area contributed by atoms with Crippen molar-refractivity contribution >= 4 is 34.0 Å². The topological polar surface area (TPSA) is 63.6 Å². The summed E-state index contributed by atoms with van der Waals surface area (Å²) in [6.45, 7) is 0.250. The highest BCUT2D eigenvalue weighted by atomic mass is 35.5. The van der Waals surface area contributed by atoms with Gasteiger partial charge in [0.15, 0.2) is 9.84 Å². The Morgan fingerprint density at radius 1 is 1.53 bits per heavy atom. The van der Waals surface area contributed by atoms with Gasteiger partial charge in [-0.05, 0) is 23.2 Å². The summed E-state index contributed by atoms with van der Waals surface area (Å²) < 4.78 is 27.7. The molecule has 1 aromatic carbocycles. The smallest absolute Gasteiger partial charge is 0.423 e. The average Bonchev–Trinajstić information content (AvgIpc) is 2.44. The first-order valence-electron chi connectivity index (χ1n) is 4.21. The Balaban J connectivity index is 2.66. The van der Waals surface area contributed by atoms with Crippen molar-refractivity contribution in [2.75, 3.05) is 6.26 Å². The Bertz CT molecular complexity index is 514. The van der Waals surface area contributed by atoms with Crippen molar-refractivity contribution in [3.05, 3.63) is 22.7 Å². The van der Waals surface area contributed by atoms with Crippen LogP contribution in [0.4, 0.5) is 0 Å². The van der Waals surface area contributed by atoms with Gasteiger partial charge in [0.25, 0.3) is 0 Å². The van der Waals surface area contributed by atoms with Gasteiger partial charge in [0.2, 0.25) is 0 Å². The van der Waals surface area contributed by atoms with Gasteiger partial charge in [-0.3, -0.25) is 0 Å². The Kier molecular flexibility index (Phi) is 2.54. The summed E-state index contributed by atoms with van der Waals surface area (Å²) in [6.07, 6.45) is 1.07. The van der Waals surface area contributed by atoms with Crippen molar-refractivity contribution in [2.45, 2.75) is 11.5 Å². The molecule has 0 aromatic heterocycles. The number of hydrogen-bond donors (Lipinski definition) is 1. The third-order valence-corrected chi connectivity index (χ3v) is 3.82. The summed E-state index contributed by atoms with van der Waals surface area (Å²) >= 11 is 5.82. The first-order chi connectivity index (χ1) is 6.89. The van der Waals surface area contributed by atoms with Gasteiger partial charge in [-0.1, -0.05) is 11.6 Å². The van der Waals surface area contributed by atoms with Gasteiger partial charge in [0.1, 0.15) is 0 Å². The maximum atomic E-state index is 11.4. The minimum atomic E-state index is -3.38. The number of hydrogen-bond acceptors (Lipinski definition) is 4. The number of fused-ring (bicyclic) bond motifs is 1. The van der Waals surface area contributed by atoms with Crippen LogP contribution in [0.1, 0.15) is 5.56 Å². The summed E-state index contributed by atoms with van der Waals surface area (Å²) in [6, 6.07) is 2.88. The molecule has 7 heteroatoms. The molecule has 0 unspecified atom stereocenters. The van der Waals surface area contributed by atoms with E-state index in [1.165, 1.54) is 12.1 Å². The number of benzene rings is 1. The zero-order valence-corrected chi connectivity index (χ0v) is 9.47. The predicted molar refractivity (Wildman–Crippen MR) is 57.0 cm³/mol. The minimum Gasteiger partial charge on any atom is -0.423 e. The lowest BCUT2D eigenvalue weighted by Gasteiger charge is -2.05. The highest BCUT2D eigenvalue weighted by molar-refractivity contribution is 7.90. The lowest BCUT2D eigenvalue weighted by Crippen LogP contribution is -2.28. The largest absolute Gasteiger partial charge is 0.491 e. The summed E-state index contributed by atoms with van der Waals surface area (Å²) in [5.41, 5.74) is 1.19. The van der Waals surface area contributed by atoms with Gasteiger partial charge in [-0.2, -0.15) is 0 Å². The molecular weight excluding hydrogens is 238 g/mol. The fourth-order valence-corrected chi connectivity index (χ4v) is 2.87. The van der Waals surface area contributed by atoms with E-state index in [0.717, 1.165) is 11.8 Å².